The van der Waals surface area contributed by atoms with Crippen LogP contribution in [0.3, 0.4) is 0 Å². The maximum Gasteiger partial charge on any atom is 0.225 e. The van der Waals surface area contributed by atoms with Gasteiger partial charge in [-0.2, -0.15) is 0 Å². The van der Waals surface area contributed by atoms with Crippen LogP contribution in [0.1, 0.15) is 36.8 Å². The number of benzene rings is 2. The molecule has 0 aromatic heterocycles. The molecule has 1 atom stereocenters. The van der Waals surface area contributed by atoms with Crippen LogP contribution < -0.4 is 5.73 Å². The van der Waals surface area contributed by atoms with E-state index in [2.05, 4.69) is 43.3 Å². The molecule has 28 heavy (non-hydrogen) atoms. The van der Waals surface area contributed by atoms with Gasteiger partial charge in [-0.25, -0.2) is 0 Å². The zero-order valence-electron chi connectivity index (χ0n) is 16.5. The van der Waals surface area contributed by atoms with Crippen molar-refractivity contribution in [2.24, 2.45) is 17.1 Å². The average molecular weight is 377 g/mol. The lowest BCUT2D eigenvalue weighted by atomic mass is 9.78. The van der Waals surface area contributed by atoms with Crippen molar-refractivity contribution >= 4 is 11.8 Å². The second-order valence-electron chi connectivity index (χ2n) is 8.49. The minimum absolute atomic E-state index is 0.156. The molecule has 1 aliphatic carbocycles. The minimum Gasteiger partial charge on any atom is -0.369 e. The van der Waals surface area contributed by atoms with Crippen molar-refractivity contribution in [2.45, 2.75) is 39.0 Å². The molecular weight excluding hydrogens is 348 g/mol. The summed E-state index contributed by atoms with van der Waals surface area (Å²) in [5.74, 6) is 0.0695. The largest absolute Gasteiger partial charge is 0.369 e. The van der Waals surface area contributed by atoms with Crippen molar-refractivity contribution in [1.29, 1.82) is 0 Å². The second kappa shape index (κ2) is 7.42. The number of likely N-dealkylation sites (tertiary alicyclic amines) is 1. The maximum absolute atomic E-state index is 12.7. The molecule has 1 aliphatic heterocycles. The van der Waals surface area contributed by atoms with E-state index in [1.165, 1.54) is 5.56 Å². The van der Waals surface area contributed by atoms with Gasteiger partial charge in [-0.05, 0) is 49.3 Å². The number of hydrogen-bond donors (Lipinski definition) is 1. The number of aryl methyl sites for hydroxylation is 1. The Balaban J connectivity index is 1.61. The van der Waals surface area contributed by atoms with Crippen molar-refractivity contribution in [3.8, 4) is 11.1 Å². The molecule has 4 heteroatoms. The number of nitrogens with two attached hydrogens (primary N) is 1. The van der Waals surface area contributed by atoms with E-state index >= 15 is 0 Å². The first-order valence-corrected chi connectivity index (χ1v) is 10.2. The lowest BCUT2D eigenvalue weighted by Crippen LogP contribution is -2.44. The van der Waals surface area contributed by atoms with Gasteiger partial charge in [0.25, 0.3) is 0 Å². The number of carbonyl (C=O) groups is 2. The van der Waals surface area contributed by atoms with E-state index in [-0.39, 0.29) is 17.7 Å². The third kappa shape index (κ3) is 3.44. The first-order chi connectivity index (χ1) is 13.5. The van der Waals surface area contributed by atoms with Gasteiger partial charge in [0.2, 0.25) is 11.8 Å². The predicted octanol–water partition coefficient (Wildman–Crippen LogP) is 3.71. The summed E-state index contributed by atoms with van der Waals surface area (Å²) < 4.78 is 0. The van der Waals surface area contributed by atoms with Gasteiger partial charge >= 0.3 is 0 Å². The Morgan fingerprint density at radius 1 is 1.14 bits per heavy atom. The van der Waals surface area contributed by atoms with E-state index in [0.717, 1.165) is 36.0 Å². The van der Waals surface area contributed by atoms with Crippen molar-refractivity contribution in [3.05, 3.63) is 59.7 Å². The van der Waals surface area contributed by atoms with E-state index in [1.54, 1.807) is 0 Å². The molecule has 146 valence electrons. The molecular formula is C24H28N2O2. The number of amides is 2. The van der Waals surface area contributed by atoms with Gasteiger partial charge < -0.3 is 10.6 Å². The van der Waals surface area contributed by atoms with Crippen molar-refractivity contribution in [3.63, 3.8) is 0 Å². The van der Waals surface area contributed by atoms with E-state index in [4.69, 9.17) is 5.73 Å². The van der Waals surface area contributed by atoms with E-state index in [1.807, 2.05) is 17.0 Å². The fourth-order valence-electron chi connectivity index (χ4n) is 4.54. The van der Waals surface area contributed by atoms with Gasteiger partial charge in [-0.15, -0.1) is 0 Å². The first kappa shape index (κ1) is 18.7. The van der Waals surface area contributed by atoms with Crippen LogP contribution in [0, 0.1) is 18.3 Å². The molecule has 1 heterocycles. The SMILES string of the molecule is Cc1cccc(-c2ccccc2CC2(C(N)=O)CCN(C(=O)C3CCC3)C2)c1. The summed E-state index contributed by atoms with van der Waals surface area (Å²) in [5, 5.41) is 0. The summed E-state index contributed by atoms with van der Waals surface area (Å²) in [6.45, 7) is 3.16. The first-order valence-electron chi connectivity index (χ1n) is 10.2. The minimum atomic E-state index is -0.681. The molecule has 0 bridgehead atoms. The number of nitrogens with zero attached hydrogens (tertiary/aromatic N) is 1. The summed E-state index contributed by atoms with van der Waals surface area (Å²) >= 11 is 0. The summed E-state index contributed by atoms with van der Waals surface area (Å²) in [4.78, 5) is 27.1. The smallest absolute Gasteiger partial charge is 0.225 e. The van der Waals surface area contributed by atoms with E-state index in [0.29, 0.717) is 25.9 Å². The van der Waals surface area contributed by atoms with Crippen molar-refractivity contribution < 1.29 is 9.59 Å². The van der Waals surface area contributed by atoms with Gasteiger partial charge in [0.1, 0.15) is 0 Å². The highest BCUT2D eigenvalue weighted by molar-refractivity contribution is 5.86. The molecule has 1 saturated heterocycles. The van der Waals surface area contributed by atoms with Crippen LogP contribution in [0.25, 0.3) is 11.1 Å². The highest BCUT2D eigenvalue weighted by Gasteiger charge is 2.46. The second-order valence-corrected chi connectivity index (χ2v) is 8.49. The zero-order valence-corrected chi connectivity index (χ0v) is 16.5. The number of carbonyl (C=O) groups excluding carboxylic acids is 2. The quantitative estimate of drug-likeness (QED) is 0.865. The van der Waals surface area contributed by atoms with Crippen LogP contribution in [-0.4, -0.2) is 29.8 Å². The lowest BCUT2D eigenvalue weighted by molar-refractivity contribution is -0.138. The van der Waals surface area contributed by atoms with Crippen LogP contribution >= 0.6 is 0 Å². The van der Waals surface area contributed by atoms with Gasteiger partial charge in [-0.3, -0.25) is 9.59 Å². The normalized spacial score (nSPS) is 22.1. The average Bonchev–Trinajstić information content (AvgIpc) is 3.06. The van der Waals surface area contributed by atoms with Crippen LogP contribution in [0.5, 0.6) is 0 Å². The van der Waals surface area contributed by atoms with Gasteiger partial charge in [0.15, 0.2) is 0 Å². The van der Waals surface area contributed by atoms with Crippen molar-refractivity contribution in [2.75, 3.05) is 13.1 Å². The molecule has 0 spiro atoms. The Morgan fingerprint density at radius 2 is 1.93 bits per heavy atom. The molecule has 2 fully saturated rings. The third-order valence-corrected chi connectivity index (χ3v) is 6.52. The number of rotatable bonds is 5. The molecule has 2 aromatic rings. The van der Waals surface area contributed by atoms with Crippen LogP contribution in [0.15, 0.2) is 48.5 Å². The summed E-state index contributed by atoms with van der Waals surface area (Å²) in [6.07, 6.45) is 4.31. The van der Waals surface area contributed by atoms with Crippen molar-refractivity contribution in [1.82, 2.24) is 4.90 Å². The maximum atomic E-state index is 12.7. The van der Waals surface area contributed by atoms with Crippen LogP contribution in [0.4, 0.5) is 0 Å². The Morgan fingerprint density at radius 3 is 2.61 bits per heavy atom. The summed E-state index contributed by atoms with van der Waals surface area (Å²) in [6, 6.07) is 16.6. The molecule has 4 rings (SSSR count). The highest BCUT2D eigenvalue weighted by atomic mass is 16.2. The molecule has 2 aliphatic rings. The summed E-state index contributed by atoms with van der Waals surface area (Å²) in [7, 11) is 0. The molecule has 4 nitrogen and oxygen atoms in total. The molecule has 2 amide bonds. The van der Waals surface area contributed by atoms with E-state index < -0.39 is 5.41 Å². The van der Waals surface area contributed by atoms with E-state index in [9.17, 15) is 9.59 Å². The Kier molecular flexibility index (Phi) is 4.96. The molecule has 2 N–H and O–H groups in total. The Labute approximate surface area is 166 Å². The standard InChI is InChI=1S/C24H28N2O2/c1-17-6-4-10-19(14-17)21-11-3-2-7-20(21)15-24(23(25)28)12-13-26(16-24)22(27)18-8-5-9-18/h2-4,6-7,10-11,14,18H,5,8-9,12-13,15-16H2,1H3,(H2,25,28). The highest BCUT2D eigenvalue weighted by Crippen LogP contribution is 2.39. The Hall–Kier alpha value is -2.62. The zero-order chi connectivity index (χ0) is 19.7. The molecule has 1 unspecified atom stereocenters. The monoisotopic (exact) mass is 376 g/mol. The molecule has 2 aromatic carbocycles. The van der Waals surface area contributed by atoms with Crippen LogP contribution in [0.2, 0.25) is 0 Å². The topological polar surface area (TPSA) is 63.4 Å². The molecule has 0 radical (unpaired) electrons. The van der Waals surface area contributed by atoms with Gasteiger partial charge in [0, 0.05) is 19.0 Å². The predicted molar refractivity (Wildman–Crippen MR) is 110 cm³/mol. The number of primary amides is 1. The van der Waals surface area contributed by atoms with Gasteiger partial charge in [0.05, 0.1) is 5.41 Å². The van der Waals surface area contributed by atoms with Crippen LogP contribution in [-0.2, 0) is 16.0 Å². The third-order valence-electron chi connectivity index (χ3n) is 6.52. The van der Waals surface area contributed by atoms with Gasteiger partial charge in [-0.1, -0.05) is 60.5 Å². The lowest BCUT2D eigenvalue weighted by Gasteiger charge is -2.31. The fourth-order valence-corrected chi connectivity index (χ4v) is 4.54. The molecule has 1 saturated carbocycles. The summed E-state index contributed by atoms with van der Waals surface area (Å²) in [5.41, 5.74) is 9.82. The number of hydrogen-bond acceptors (Lipinski definition) is 2. The fraction of sp³-hybridized carbons (Fsp3) is 0.417. The Bertz CT molecular complexity index is 903.